The lowest BCUT2D eigenvalue weighted by Crippen LogP contribution is -2.26. The highest BCUT2D eigenvalue weighted by atomic mass is 35.5. The van der Waals surface area contributed by atoms with Crippen molar-refractivity contribution in [2.75, 3.05) is 25.7 Å². The summed E-state index contributed by atoms with van der Waals surface area (Å²) in [5.41, 5.74) is 1.24. The SMILES string of the molecule is CCOc1c(Cl)cc(C(=O)N(C)c2ccccc2)cc1OC. The van der Waals surface area contributed by atoms with Crippen molar-refractivity contribution < 1.29 is 14.3 Å². The van der Waals surface area contributed by atoms with E-state index in [2.05, 4.69) is 0 Å². The van der Waals surface area contributed by atoms with Crippen LogP contribution in [0.1, 0.15) is 17.3 Å². The van der Waals surface area contributed by atoms with Crippen molar-refractivity contribution in [3.8, 4) is 11.5 Å². The number of halogens is 1. The molecule has 5 heteroatoms. The highest BCUT2D eigenvalue weighted by Gasteiger charge is 2.19. The van der Waals surface area contributed by atoms with Crippen molar-refractivity contribution in [2.24, 2.45) is 0 Å². The van der Waals surface area contributed by atoms with Crippen LogP contribution in [0, 0.1) is 0 Å². The number of amides is 1. The van der Waals surface area contributed by atoms with Gasteiger partial charge in [-0.15, -0.1) is 0 Å². The van der Waals surface area contributed by atoms with Crippen molar-refractivity contribution in [2.45, 2.75) is 6.92 Å². The molecular formula is C17H18ClNO3. The first-order valence-electron chi connectivity index (χ1n) is 6.92. The Morgan fingerprint density at radius 1 is 1.23 bits per heavy atom. The predicted molar refractivity (Wildman–Crippen MR) is 88.3 cm³/mol. The Morgan fingerprint density at radius 3 is 2.50 bits per heavy atom. The lowest BCUT2D eigenvalue weighted by atomic mass is 10.1. The molecule has 0 saturated heterocycles. The molecular weight excluding hydrogens is 302 g/mol. The van der Waals surface area contributed by atoms with E-state index in [0.29, 0.717) is 28.7 Å². The fraction of sp³-hybridized carbons (Fsp3) is 0.235. The maximum atomic E-state index is 12.6. The first-order valence-corrected chi connectivity index (χ1v) is 7.29. The molecule has 0 heterocycles. The van der Waals surface area contributed by atoms with Gasteiger partial charge in [-0.05, 0) is 31.2 Å². The van der Waals surface area contributed by atoms with E-state index in [9.17, 15) is 4.79 Å². The van der Waals surface area contributed by atoms with E-state index in [1.807, 2.05) is 37.3 Å². The molecule has 0 aliphatic carbocycles. The Balaban J connectivity index is 2.36. The minimum Gasteiger partial charge on any atom is -0.493 e. The largest absolute Gasteiger partial charge is 0.493 e. The van der Waals surface area contributed by atoms with Crippen LogP contribution in [0.4, 0.5) is 5.69 Å². The van der Waals surface area contributed by atoms with E-state index >= 15 is 0 Å². The maximum absolute atomic E-state index is 12.6. The number of rotatable bonds is 5. The Labute approximate surface area is 135 Å². The second-order valence-electron chi connectivity index (χ2n) is 4.62. The van der Waals surface area contributed by atoms with Crippen LogP contribution >= 0.6 is 11.6 Å². The van der Waals surface area contributed by atoms with Crippen LogP contribution in [-0.2, 0) is 0 Å². The molecule has 0 fully saturated rings. The second kappa shape index (κ2) is 7.18. The molecule has 0 N–H and O–H groups in total. The van der Waals surface area contributed by atoms with Gasteiger partial charge in [0.15, 0.2) is 11.5 Å². The summed E-state index contributed by atoms with van der Waals surface area (Å²) in [6.45, 7) is 2.32. The van der Waals surface area contributed by atoms with Gasteiger partial charge >= 0.3 is 0 Å². The molecule has 0 radical (unpaired) electrons. The van der Waals surface area contributed by atoms with E-state index in [0.717, 1.165) is 5.69 Å². The molecule has 0 saturated carbocycles. The minimum absolute atomic E-state index is 0.172. The molecule has 2 rings (SSSR count). The fourth-order valence-corrected chi connectivity index (χ4v) is 2.36. The first kappa shape index (κ1) is 16.2. The van der Waals surface area contributed by atoms with Crippen molar-refractivity contribution >= 4 is 23.2 Å². The van der Waals surface area contributed by atoms with Crippen LogP contribution in [0.15, 0.2) is 42.5 Å². The molecule has 2 aromatic rings. The van der Waals surface area contributed by atoms with Gasteiger partial charge in [0.2, 0.25) is 0 Å². The number of hydrogen-bond acceptors (Lipinski definition) is 3. The Hall–Kier alpha value is -2.20. The van der Waals surface area contributed by atoms with Crippen molar-refractivity contribution in [1.82, 2.24) is 0 Å². The van der Waals surface area contributed by atoms with Gasteiger partial charge in [-0.25, -0.2) is 0 Å². The van der Waals surface area contributed by atoms with E-state index in [1.165, 1.54) is 7.11 Å². The summed E-state index contributed by atoms with van der Waals surface area (Å²) in [4.78, 5) is 14.2. The molecule has 2 aromatic carbocycles. The Bertz CT molecular complexity index is 658. The summed E-state index contributed by atoms with van der Waals surface area (Å²) in [6, 6.07) is 12.6. The van der Waals surface area contributed by atoms with E-state index in [1.54, 1.807) is 24.1 Å². The molecule has 0 aliphatic heterocycles. The number of nitrogens with zero attached hydrogens (tertiary/aromatic N) is 1. The van der Waals surface area contributed by atoms with Crippen LogP contribution in [-0.4, -0.2) is 26.7 Å². The number of carbonyl (C=O) groups excluding carboxylic acids is 1. The van der Waals surface area contributed by atoms with Gasteiger partial charge in [0.25, 0.3) is 5.91 Å². The van der Waals surface area contributed by atoms with Crippen molar-refractivity contribution in [1.29, 1.82) is 0 Å². The van der Waals surface area contributed by atoms with Crippen molar-refractivity contribution in [3.63, 3.8) is 0 Å². The van der Waals surface area contributed by atoms with E-state index in [-0.39, 0.29) is 5.91 Å². The number of hydrogen-bond donors (Lipinski definition) is 0. The second-order valence-corrected chi connectivity index (χ2v) is 5.03. The summed E-state index contributed by atoms with van der Waals surface area (Å²) in [7, 11) is 3.23. The summed E-state index contributed by atoms with van der Waals surface area (Å²) in [5.74, 6) is 0.721. The number of carbonyl (C=O) groups is 1. The molecule has 116 valence electrons. The van der Waals surface area contributed by atoms with Crippen LogP contribution in [0.3, 0.4) is 0 Å². The van der Waals surface area contributed by atoms with Gasteiger partial charge in [-0.3, -0.25) is 4.79 Å². The maximum Gasteiger partial charge on any atom is 0.258 e. The van der Waals surface area contributed by atoms with Crippen LogP contribution in [0.2, 0.25) is 5.02 Å². The molecule has 0 unspecified atom stereocenters. The Kier molecular flexibility index (Phi) is 5.28. The number of methoxy groups -OCH3 is 1. The average molecular weight is 320 g/mol. The smallest absolute Gasteiger partial charge is 0.258 e. The third-order valence-electron chi connectivity index (χ3n) is 3.21. The third-order valence-corrected chi connectivity index (χ3v) is 3.49. The quantitative estimate of drug-likeness (QED) is 0.835. The predicted octanol–water partition coefficient (Wildman–Crippen LogP) is 4.02. The standard InChI is InChI=1S/C17H18ClNO3/c1-4-22-16-14(18)10-12(11-15(16)21-3)17(20)19(2)13-8-6-5-7-9-13/h5-11H,4H2,1-3H3. The third kappa shape index (κ3) is 3.34. The zero-order valence-corrected chi connectivity index (χ0v) is 13.6. The van der Waals surface area contributed by atoms with Gasteiger partial charge in [0, 0.05) is 18.3 Å². The molecule has 0 spiro atoms. The first-order chi connectivity index (χ1) is 10.6. The molecule has 22 heavy (non-hydrogen) atoms. The number of anilines is 1. The monoisotopic (exact) mass is 319 g/mol. The summed E-state index contributed by atoms with van der Waals surface area (Å²) < 4.78 is 10.7. The lowest BCUT2D eigenvalue weighted by Gasteiger charge is -2.19. The minimum atomic E-state index is -0.172. The van der Waals surface area contributed by atoms with Crippen LogP contribution in [0.25, 0.3) is 0 Å². The number of ether oxygens (including phenoxy) is 2. The molecule has 0 atom stereocenters. The Morgan fingerprint density at radius 2 is 1.91 bits per heavy atom. The number of para-hydroxylation sites is 1. The fourth-order valence-electron chi connectivity index (χ4n) is 2.09. The van der Waals surface area contributed by atoms with E-state index < -0.39 is 0 Å². The van der Waals surface area contributed by atoms with Crippen molar-refractivity contribution in [3.05, 3.63) is 53.1 Å². The molecule has 0 bridgehead atoms. The zero-order chi connectivity index (χ0) is 16.1. The van der Waals surface area contributed by atoms with Gasteiger partial charge in [0.1, 0.15) is 0 Å². The summed E-state index contributed by atoms with van der Waals surface area (Å²) in [6.07, 6.45) is 0. The topological polar surface area (TPSA) is 38.8 Å². The van der Waals surface area contributed by atoms with Gasteiger partial charge in [0.05, 0.1) is 18.7 Å². The zero-order valence-electron chi connectivity index (χ0n) is 12.8. The highest BCUT2D eigenvalue weighted by Crippen LogP contribution is 2.36. The molecule has 0 aromatic heterocycles. The molecule has 0 aliphatic rings. The molecule has 1 amide bonds. The highest BCUT2D eigenvalue weighted by molar-refractivity contribution is 6.32. The number of benzene rings is 2. The normalized spacial score (nSPS) is 10.2. The summed E-state index contributed by atoms with van der Waals surface area (Å²) in [5, 5.41) is 0.353. The van der Waals surface area contributed by atoms with Gasteiger partial charge in [-0.2, -0.15) is 0 Å². The van der Waals surface area contributed by atoms with Gasteiger partial charge in [-0.1, -0.05) is 29.8 Å². The van der Waals surface area contributed by atoms with Crippen LogP contribution < -0.4 is 14.4 Å². The molecule has 4 nitrogen and oxygen atoms in total. The van der Waals surface area contributed by atoms with Gasteiger partial charge < -0.3 is 14.4 Å². The average Bonchev–Trinajstić information content (AvgIpc) is 2.56. The lowest BCUT2D eigenvalue weighted by molar-refractivity contribution is 0.0992. The van der Waals surface area contributed by atoms with Crippen LogP contribution in [0.5, 0.6) is 11.5 Å². The summed E-state index contributed by atoms with van der Waals surface area (Å²) >= 11 is 6.21. The van der Waals surface area contributed by atoms with E-state index in [4.69, 9.17) is 21.1 Å².